The smallest absolute Gasteiger partial charge is 0.413 e. The maximum atomic E-state index is 11.4. The Morgan fingerprint density at radius 3 is 2.75 bits per heavy atom. The van der Waals surface area contributed by atoms with E-state index >= 15 is 0 Å². The number of carbonyl (C=O) groups excluding carboxylic acids is 1. The van der Waals surface area contributed by atoms with Gasteiger partial charge in [0.15, 0.2) is 11.0 Å². The van der Waals surface area contributed by atoms with Gasteiger partial charge < -0.3 is 4.74 Å². The van der Waals surface area contributed by atoms with Crippen LogP contribution < -0.4 is 5.32 Å². The largest absolute Gasteiger partial charge is 0.444 e. The van der Waals surface area contributed by atoms with Gasteiger partial charge in [0.05, 0.1) is 6.20 Å². The molecular weight excluding hydrogens is 297 g/mol. The number of aromatic nitrogens is 2. The third-order valence-electron chi connectivity index (χ3n) is 1.32. The van der Waals surface area contributed by atoms with Gasteiger partial charge >= 0.3 is 6.09 Å². The number of halogens is 2. The summed E-state index contributed by atoms with van der Waals surface area (Å²) < 4.78 is 5.52. The van der Waals surface area contributed by atoms with E-state index in [9.17, 15) is 4.79 Å². The van der Waals surface area contributed by atoms with E-state index in [1.54, 1.807) is 20.8 Å². The highest BCUT2D eigenvalue weighted by Crippen LogP contribution is 2.19. The molecule has 0 aliphatic heterocycles. The van der Waals surface area contributed by atoms with Crippen LogP contribution in [0.1, 0.15) is 20.8 Å². The molecule has 0 atom stereocenters. The first kappa shape index (κ1) is 13.2. The number of nitrogens with zero attached hydrogens (tertiary/aromatic N) is 2. The Balaban J connectivity index is 2.73. The third-order valence-corrected chi connectivity index (χ3v) is 1.98. The Bertz CT molecular complexity index is 406. The van der Waals surface area contributed by atoms with Crippen LogP contribution in [-0.4, -0.2) is 21.7 Å². The van der Waals surface area contributed by atoms with E-state index in [0.717, 1.165) is 0 Å². The first-order valence-corrected chi connectivity index (χ1v) is 5.63. The van der Waals surface area contributed by atoms with E-state index in [1.807, 2.05) is 0 Å². The van der Waals surface area contributed by atoms with Crippen molar-refractivity contribution in [3.63, 3.8) is 0 Å². The average Bonchev–Trinajstić information content (AvgIpc) is 2.08. The zero-order chi connectivity index (χ0) is 12.3. The lowest BCUT2D eigenvalue weighted by Crippen LogP contribution is -2.27. The predicted molar refractivity (Wildman–Crippen MR) is 64.6 cm³/mol. The maximum absolute atomic E-state index is 11.4. The minimum absolute atomic E-state index is 0.106. The van der Waals surface area contributed by atoms with Gasteiger partial charge in [-0.2, -0.15) is 0 Å². The molecule has 0 radical (unpaired) electrons. The molecule has 88 valence electrons. The van der Waals surface area contributed by atoms with E-state index in [-0.39, 0.29) is 11.0 Å². The van der Waals surface area contributed by atoms with Crippen LogP contribution in [0, 0.1) is 0 Å². The molecule has 0 spiro atoms. The Hall–Kier alpha value is -0.880. The molecule has 0 unspecified atom stereocenters. The second-order valence-corrected chi connectivity index (χ2v) is 5.13. The molecule has 0 aliphatic carbocycles. The number of nitrogens with one attached hydrogen (secondary N) is 1. The van der Waals surface area contributed by atoms with Crippen molar-refractivity contribution < 1.29 is 9.53 Å². The molecule has 16 heavy (non-hydrogen) atoms. The quantitative estimate of drug-likeness (QED) is 0.865. The van der Waals surface area contributed by atoms with Gasteiger partial charge in [-0.3, -0.25) is 5.32 Å². The van der Waals surface area contributed by atoms with Crippen LogP contribution in [0.3, 0.4) is 0 Å². The predicted octanol–water partition coefficient (Wildman–Crippen LogP) is 3.24. The molecule has 5 nitrogen and oxygen atoms in total. The number of hydrogen-bond acceptors (Lipinski definition) is 4. The van der Waals surface area contributed by atoms with E-state index in [1.165, 1.54) is 6.20 Å². The summed E-state index contributed by atoms with van der Waals surface area (Å²) in [5.74, 6) is 0.158. The second kappa shape index (κ2) is 4.97. The minimum Gasteiger partial charge on any atom is -0.444 e. The number of amides is 1. The van der Waals surface area contributed by atoms with Gasteiger partial charge in [0.25, 0.3) is 0 Å². The van der Waals surface area contributed by atoms with Crippen LogP contribution in [-0.2, 0) is 4.74 Å². The van der Waals surface area contributed by atoms with Crippen molar-refractivity contribution in [1.82, 2.24) is 9.97 Å². The lowest BCUT2D eigenvalue weighted by atomic mass is 10.2. The van der Waals surface area contributed by atoms with Crippen molar-refractivity contribution >= 4 is 39.4 Å². The molecule has 1 N–H and O–H groups in total. The lowest BCUT2D eigenvalue weighted by molar-refractivity contribution is 0.0635. The molecule has 0 saturated carbocycles. The number of hydrogen-bond donors (Lipinski definition) is 1. The lowest BCUT2D eigenvalue weighted by Gasteiger charge is -2.19. The summed E-state index contributed by atoms with van der Waals surface area (Å²) in [6.07, 6.45) is 0.810. The molecule has 0 fully saturated rings. The summed E-state index contributed by atoms with van der Waals surface area (Å²) in [7, 11) is 0. The summed E-state index contributed by atoms with van der Waals surface area (Å²) in [5, 5.41) is 2.52. The Kier molecular flexibility index (Phi) is 4.09. The summed E-state index contributed by atoms with van der Waals surface area (Å²) in [6, 6.07) is 0. The van der Waals surface area contributed by atoms with Crippen LogP contribution in [0.2, 0.25) is 5.15 Å². The molecule has 1 heterocycles. The fourth-order valence-corrected chi connectivity index (χ4v) is 1.25. The van der Waals surface area contributed by atoms with Crippen molar-refractivity contribution in [3.8, 4) is 0 Å². The van der Waals surface area contributed by atoms with Crippen LogP contribution in [0.25, 0.3) is 0 Å². The highest BCUT2D eigenvalue weighted by atomic mass is 79.9. The first-order chi connectivity index (χ1) is 7.28. The molecule has 0 bridgehead atoms. The van der Waals surface area contributed by atoms with Gasteiger partial charge in [-0.15, -0.1) is 0 Å². The van der Waals surface area contributed by atoms with E-state index in [2.05, 4.69) is 31.2 Å². The highest BCUT2D eigenvalue weighted by molar-refractivity contribution is 9.10. The third kappa shape index (κ3) is 4.32. The van der Waals surface area contributed by atoms with Gasteiger partial charge in [-0.05, 0) is 36.7 Å². The minimum atomic E-state index is -0.623. The van der Waals surface area contributed by atoms with Gasteiger partial charge in [-0.1, -0.05) is 11.6 Å². The molecule has 0 aromatic carbocycles. The van der Waals surface area contributed by atoms with Crippen molar-refractivity contribution in [2.45, 2.75) is 26.4 Å². The zero-order valence-corrected chi connectivity index (χ0v) is 11.4. The van der Waals surface area contributed by atoms with Gasteiger partial charge in [0.2, 0.25) is 0 Å². The normalized spacial score (nSPS) is 11.1. The van der Waals surface area contributed by atoms with E-state index in [4.69, 9.17) is 16.3 Å². The summed E-state index contributed by atoms with van der Waals surface area (Å²) in [4.78, 5) is 19.2. The van der Waals surface area contributed by atoms with Crippen molar-refractivity contribution in [2.75, 3.05) is 5.32 Å². The topological polar surface area (TPSA) is 64.1 Å². The van der Waals surface area contributed by atoms with Crippen molar-refractivity contribution in [1.29, 1.82) is 0 Å². The summed E-state index contributed by atoms with van der Waals surface area (Å²) >= 11 is 8.87. The fraction of sp³-hybridized carbons (Fsp3) is 0.444. The van der Waals surface area contributed by atoms with Crippen LogP contribution in [0.4, 0.5) is 10.6 Å². The molecule has 0 saturated heterocycles. The molecule has 1 rings (SSSR count). The molecule has 0 aliphatic rings. The average molecular weight is 309 g/mol. The van der Waals surface area contributed by atoms with Gasteiger partial charge in [0, 0.05) is 0 Å². The zero-order valence-electron chi connectivity index (χ0n) is 9.04. The summed E-state index contributed by atoms with van der Waals surface area (Å²) in [5.41, 5.74) is -0.573. The molecule has 1 amide bonds. The van der Waals surface area contributed by atoms with Gasteiger partial charge in [0.1, 0.15) is 10.2 Å². The summed E-state index contributed by atoms with van der Waals surface area (Å²) in [6.45, 7) is 5.29. The molecule has 1 aromatic heterocycles. The number of carbonyl (C=O) groups is 1. The van der Waals surface area contributed by atoms with E-state index < -0.39 is 11.7 Å². The van der Waals surface area contributed by atoms with Crippen LogP contribution in [0.5, 0.6) is 0 Å². The van der Waals surface area contributed by atoms with Crippen LogP contribution in [0.15, 0.2) is 10.8 Å². The Morgan fingerprint density at radius 1 is 1.56 bits per heavy atom. The highest BCUT2D eigenvalue weighted by Gasteiger charge is 2.17. The number of ether oxygens (including phenoxy) is 1. The second-order valence-electron chi connectivity index (χ2n) is 3.96. The van der Waals surface area contributed by atoms with Crippen LogP contribution >= 0.6 is 27.5 Å². The molecule has 1 aromatic rings. The maximum Gasteiger partial charge on any atom is 0.413 e. The molecular formula is C9H11BrClN3O2. The first-order valence-electron chi connectivity index (χ1n) is 4.46. The monoisotopic (exact) mass is 307 g/mol. The Labute approximate surface area is 107 Å². The SMILES string of the molecule is CC(C)(C)OC(=O)Nc1nc(Br)cnc1Cl. The molecule has 7 heteroatoms. The number of rotatable bonds is 1. The standard InChI is InChI=1S/C9H11BrClN3O2/c1-9(2,3)16-8(15)14-7-6(11)12-4-5(10)13-7/h4H,1-3H3,(H,13,14,15). The van der Waals surface area contributed by atoms with Crippen molar-refractivity contribution in [2.24, 2.45) is 0 Å². The van der Waals surface area contributed by atoms with Crippen molar-refractivity contribution in [3.05, 3.63) is 16.0 Å². The van der Waals surface area contributed by atoms with Gasteiger partial charge in [-0.25, -0.2) is 14.8 Å². The Morgan fingerprint density at radius 2 is 2.19 bits per heavy atom. The number of anilines is 1. The van der Waals surface area contributed by atoms with E-state index in [0.29, 0.717) is 4.60 Å². The fourth-order valence-electron chi connectivity index (χ4n) is 0.833.